The van der Waals surface area contributed by atoms with Gasteiger partial charge in [-0.15, -0.1) is 0 Å². The zero-order chi connectivity index (χ0) is 23.1. The molecule has 10 heteroatoms. The van der Waals surface area contributed by atoms with Crippen LogP contribution in [0.15, 0.2) is 33.7 Å². The van der Waals surface area contributed by atoms with E-state index in [0.717, 1.165) is 37.4 Å². The number of allylic oxidation sites excluding steroid dienone is 2. The van der Waals surface area contributed by atoms with Gasteiger partial charge in [-0.3, -0.25) is 19.5 Å². The first kappa shape index (κ1) is 23.6. The molecule has 0 fully saturated rings. The van der Waals surface area contributed by atoms with Gasteiger partial charge in [-0.25, -0.2) is 9.78 Å². The largest absolute Gasteiger partial charge is 0.493 e. The van der Waals surface area contributed by atoms with Crippen LogP contribution in [0.5, 0.6) is 11.5 Å². The molecule has 0 saturated heterocycles. The highest BCUT2D eigenvalue weighted by Crippen LogP contribution is 2.31. The van der Waals surface area contributed by atoms with E-state index in [4.69, 9.17) is 9.47 Å². The van der Waals surface area contributed by atoms with E-state index in [2.05, 4.69) is 21.7 Å². The lowest BCUT2D eigenvalue weighted by molar-refractivity contribution is -0.117. The number of hydrogen-bond donors (Lipinski definition) is 2. The molecular weight excluding hydrogens is 432 g/mol. The third kappa shape index (κ3) is 5.61. The van der Waals surface area contributed by atoms with Gasteiger partial charge in [-0.1, -0.05) is 23.4 Å². The monoisotopic (exact) mass is 460 g/mol. The van der Waals surface area contributed by atoms with E-state index in [-0.39, 0.29) is 11.3 Å². The number of carbonyl (C=O) groups is 2. The lowest BCUT2D eigenvalue weighted by Crippen LogP contribution is -2.38. The summed E-state index contributed by atoms with van der Waals surface area (Å²) in [6.45, 7) is 0.460. The number of fused-ring (bicyclic) bond motifs is 1. The van der Waals surface area contributed by atoms with Gasteiger partial charge in [0.05, 0.1) is 30.9 Å². The fourth-order valence-corrected chi connectivity index (χ4v) is 4.40. The van der Waals surface area contributed by atoms with E-state index in [0.29, 0.717) is 34.1 Å². The number of urea groups is 1. The van der Waals surface area contributed by atoms with Gasteiger partial charge in [0, 0.05) is 19.7 Å². The van der Waals surface area contributed by atoms with Crippen LogP contribution in [0.25, 0.3) is 10.9 Å². The van der Waals surface area contributed by atoms with Crippen LogP contribution in [0.2, 0.25) is 0 Å². The Hall–Kier alpha value is -3.01. The normalized spacial score (nSPS) is 13.4. The molecule has 1 heterocycles. The number of amides is 3. The van der Waals surface area contributed by atoms with Crippen LogP contribution >= 0.6 is 11.8 Å². The van der Waals surface area contributed by atoms with Crippen LogP contribution in [-0.4, -0.2) is 48.5 Å². The SMILES string of the molecule is CNC(=O)NC(=O)CSc1nc2cc(OC)c(OC)cc2c(=O)n1CCC1=CCCCC1. The van der Waals surface area contributed by atoms with Crippen molar-refractivity contribution in [3.05, 3.63) is 34.1 Å². The molecule has 9 nitrogen and oxygen atoms in total. The summed E-state index contributed by atoms with van der Waals surface area (Å²) in [6.07, 6.45) is 7.47. The van der Waals surface area contributed by atoms with Gasteiger partial charge in [0.15, 0.2) is 16.7 Å². The molecule has 2 aromatic rings. The molecule has 0 spiro atoms. The third-order valence-corrected chi connectivity index (χ3v) is 6.25. The molecule has 3 amide bonds. The molecule has 3 rings (SSSR count). The maximum atomic E-state index is 13.4. The lowest BCUT2D eigenvalue weighted by atomic mass is 9.97. The summed E-state index contributed by atoms with van der Waals surface area (Å²) < 4.78 is 12.3. The standard InChI is InChI=1S/C22H28N4O5S/c1-23-21(29)25-19(27)13-32-22-24-16-12-18(31-3)17(30-2)11-15(16)20(28)26(22)10-9-14-7-5-4-6-8-14/h7,11-12H,4-6,8-10,13H2,1-3H3,(H2,23,25,27,29). The molecule has 1 aliphatic rings. The Morgan fingerprint density at radius 1 is 1.19 bits per heavy atom. The summed E-state index contributed by atoms with van der Waals surface area (Å²) >= 11 is 1.11. The van der Waals surface area contributed by atoms with Gasteiger partial charge in [-0.05, 0) is 38.2 Å². The fraction of sp³-hybridized carbons (Fsp3) is 0.455. The average Bonchev–Trinajstić information content (AvgIpc) is 2.82. The second kappa shape index (κ2) is 11.0. The molecule has 0 radical (unpaired) electrons. The van der Waals surface area contributed by atoms with Gasteiger partial charge in [0.2, 0.25) is 5.91 Å². The van der Waals surface area contributed by atoms with Crippen LogP contribution in [0.3, 0.4) is 0 Å². The van der Waals surface area contributed by atoms with E-state index >= 15 is 0 Å². The molecule has 2 N–H and O–H groups in total. The lowest BCUT2D eigenvalue weighted by Gasteiger charge is -2.17. The van der Waals surface area contributed by atoms with Crippen molar-refractivity contribution in [2.45, 2.75) is 43.8 Å². The smallest absolute Gasteiger partial charge is 0.321 e. The first-order valence-electron chi connectivity index (χ1n) is 10.5. The van der Waals surface area contributed by atoms with Gasteiger partial charge >= 0.3 is 6.03 Å². The quantitative estimate of drug-likeness (QED) is 0.354. The van der Waals surface area contributed by atoms with Crippen molar-refractivity contribution in [2.24, 2.45) is 0 Å². The minimum Gasteiger partial charge on any atom is -0.493 e. The van der Waals surface area contributed by atoms with Gasteiger partial charge in [0.1, 0.15) is 0 Å². The number of nitrogens with zero attached hydrogens (tertiary/aromatic N) is 2. The fourth-order valence-electron chi connectivity index (χ4n) is 3.58. The van der Waals surface area contributed by atoms with Crippen molar-refractivity contribution < 1.29 is 19.1 Å². The Labute approximate surface area is 190 Å². The number of hydrogen-bond acceptors (Lipinski definition) is 7. The van der Waals surface area contributed by atoms with E-state index in [1.807, 2.05) is 0 Å². The highest BCUT2D eigenvalue weighted by Gasteiger charge is 2.17. The summed E-state index contributed by atoms with van der Waals surface area (Å²) in [4.78, 5) is 41.5. The highest BCUT2D eigenvalue weighted by atomic mass is 32.2. The molecule has 0 aliphatic heterocycles. The predicted molar refractivity (Wildman–Crippen MR) is 124 cm³/mol. The molecule has 172 valence electrons. The molecule has 0 bridgehead atoms. The van der Waals surface area contributed by atoms with E-state index in [1.54, 1.807) is 16.7 Å². The maximum Gasteiger partial charge on any atom is 0.321 e. The zero-order valence-corrected chi connectivity index (χ0v) is 19.3. The number of thioether (sulfide) groups is 1. The predicted octanol–water partition coefficient (Wildman–Crippen LogP) is 2.85. The third-order valence-electron chi connectivity index (χ3n) is 5.28. The molecule has 1 aliphatic carbocycles. The summed E-state index contributed by atoms with van der Waals surface area (Å²) in [7, 11) is 4.46. The minimum atomic E-state index is -0.583. The Balaban J connectivity index is 1.96. The second-order valence-electron chi connectivity index (χ2n) is 7.35. The summed E-state index contributed by atoms with van der Waals surface area (Å²) in [5, 5.41) is 5.38. The number of aromatic nitrogens is 2. The number of nitrogens with one attached hydrogen (secondary N) is 2. The first-order chi connectivity index (χ1) is 15.5. The van der Waals surface area contributed by atoms with Crippen molar-refractivity contribution in [3.63, 3.8) is 0 Å². The van der Waals surface area contributed by atoms with Crippen molar-refractivity contribution >= 4 is 34.6 Å². The number of ether oxygens (including phenoxy) is 2. The molecule has 0 saturated carbocycles. The van der Waals surface area contributed by atoms with Gasteiger partial charge in [-0.2, -0.15) is 0 Å². The van der Waals surface area contributed by atoms with Crippen LogP contribution < -0.4 is 25.7 Å². The van der Waals surface area contributed by atoms with E-state index in [1.165, 1.54) is 33.3 Å². The first-order valence-corrected chi connectivity index (χ1v) is 11.4. The van der Waals surface area contributed by atoms with Crippen LogP contribution in [0, 0.1) is 0 Å². The molecular formula is C22H28N4O5S. The average molecular weight is 461 g/mol. The van der Waals surface area contributed by atoms with Crippen molar-refractivity contribution in [1.29, 1.82) is 0 Å². The Morgan fingerprint density at radius 2 is 1.94 bits per heavy atom. The van der Waals surface area contributed by atoms with Crippen molar-refractivity contribution in [2.75, 3.05) is 27.0 Å². The number of methoxy groups -OCH3 is 2. The maximum absolute atomic E-state index is 13.4. The zero-order valence-electron chi connectivity index (χ0n) is 18.5. The summed E-state index contributed by atoms with van der Waals surface area (Å²) in [5.41, 5.74) is 1.58. The molecule has 1 aromatic carbocycles. The van der Waals surface area contributed by atoms with Crippen molar-refractivity contribution in [1.82, 2.24) is 20.2 Å². The minimum absolute atomic E-state index is 0.0542. The van der Waals surface area contributed by atoms with Gasteiger partial charge in [0.25, 0.3) is 5.56 Å². The highest BCUT2D eigenvalue weighted by molar-refractivity contribution is 7.99. The molecule has 0 atom stereocenters. The number of imide groups is 1. The Morgan fingerprint density at radius 3 is 2.59 bits per heavy atom. The van der Waals surface area contributed by atoms with E-state index in [9.17, 15) is 14.4 Å². The van der Waals surface area contributed by atoms with Crippen molar-refractivity contribution in [3.8, 4) is 11.5 Å². The summed E-state index contributed by atoms with van der Waals surface area (Å²) in [6, 6.07) is 2.70. The topological polar surface area (TPSA) is 112 Å². The second-order valence-corrected chi connectivity index (χ2v) is 8.29. The molecule has 0 unspecified atom stereocenters. The van der Waals surface area contributed by atoms with Crippen LogP contribution in [0.4, 0.5) is 4.79 Å². The Bertz CT molecular complexity index is 1100. The van der Waals surface area contributed by atoms with Crippen LogP contribution in [0.1, 0.15) is 32.1 Å². The van der Waals surface area contributed by atoms with Crippen LogP contribution in [-0.2, 0) is 11.3 Å². The molecule has 1 aromatic heterocycles. The van der Waals surface area contributed by atoms with E-state index < -0.39 is 11.9 Å². The summed E-state index contributed by atoms with van der Waals surface area (Å²) in [5.74, 6) is 0.384. The number of rotatable bonds is 8. The number of carbonyl (C=O) groups excluding carboxylic acids is 2. The molecule has 32 heavy (non-hydrogen) atoms. The van der Waals surface area contributed by atoms with Gasteiger partial charge < -0.3 is 14.8 Å². The Kier molecular flexibility index (Phi) is 8.15. The number of benzene rings is 1.